The summed E-state index contributed by atoms with van der Waals surface area (Å²) in [7, 11) is 0. The summed E-state index contributed by atoms with van der Waals surface area (Å²) >= 11 is 9.37. The van der Waals surface area contributed by atoms with E-state index in [0.29, 0.717) is 11.6 Å². The maximum Gasteiger partial charge on any atom is 0.321 e. The van der Waals surface area contributed by atoms with Crippen LogP contribution in [-0.4, -0.2) is 28.6 Å². The number of aliphatic carboxylic acids is 1. The van der Waals surface area contributed by atoms with E-state index >= 15 is 0 Å². The van der Waals surface area contributed by atoms with Crippen LogP contribution in [0.15, 0.2) is 22.7 Å². The molecule has 1 aliphatic heterocycles. The van der Waals surface area contributed by atoms with Gasteiger partial charge in [0.15, 0.2) is 0 Å². The minimum Gasteiger partial charge on any atom is -0.480 e. The van der Waals surface area contributed by atoms with Gasteiger partial charge in [-0.1, -0.05) is 40.5 Å². The minimum absolute atomic E-state index is 0.202. The smallest absolute Gasteiger partial charge is 0.321 e. The van der Waals surface area contributed by atoms with Gasteiger partial charge < -0.3 is 5.11 Å². The summed E-state index contributed by atoms with van der Waals surface area (Å²) in [5, 5.41) is 9.95. The molecule has 5 heteroatoms. The lowest BCUT2D eigenvalue weighted by atomic mass is 10.0. The average Bonchev–Trinajstić information content (AvgIpc) is 2.64. The van der Waals surface area contributed by atoms with Gasteiger partial charge in [0.2, 0.25) is 0 Å². The van der Waals surface area contributed by atoms with Crippen molar-refractivity contribution in [3.63, 3.8) is 0 Å². The molecule has 0 aliphatic carbocycles. The number of halogens is 2. The lowest BCUT2D eigenvalue weighted by Crippen LogP contribution is -2.38. The van der Waals surface area contributed by atoms with Crippen LogP contribution >= 0.6 is 27.5 Å². The molecule has 2 atom stereocenters. The SMILES string of the molecule is CC1CCN(Cc2ccc(Cl)cc2Br)C1C(=O)O. The van der Waals surface area contributed by atoms with E-state index in [2.05, 4.69) is 15.9 Å². The van der Waals surface area contributed by atoms with Gasteiger partial charge in [0.1, 0.15) is 6.04 Å². The fraction of sp³-hybridized carbons (Fsp3) is 0.462. The number of hydrogen-bond acceptors (Lipinski definition) is 2. The maximum atomic E-state index is 11.3. The Morgan fingerprint density at radius 1 is 1.61 bits per heavy atom. The Kier molecular flexibility index (Phi) is 4.30. The van der Waals surface area contributed by atoms with Gasteiger partial charge in [-0.15, -0.1) is 0 Å². The van der Waals surface area contributed by atoms with Crippen molar-refractivity contribution in [3.05, 3.63) is 33.3 Å². The molecule has 3 nitrogen and oxygen atoms in total. The number of carboxylic acid groups (broad SMARTS) is 1. The second kappa shape index (κ2) is 5.59. The molecule has 1 fully saturated rings. The van der Waals surface area contributed by atoms with E-state index in [-0.39, 0.29) is 12.0 Å². The summed E-state index contributed by atoms with van der Waals surface area (Å²) in [5.74, 6) is -0.529. The molecule has 0 saturated carbocycles. The molecule has 98 valence electrons. The monoisotopic (exact) mass is 331 g/mol. The molecule has 2 rings (SSSR count). The van der Waals surface area contributed by atoms with E-state index in [1.165, 1.54) is 0 Å². The highest BCUT2D eigenvalue weighted by Crippen LogP contribution is 2.29. The van der Waals surface area contributed by atoms with Crippen LogP contribution in [-0.2, 0) is 11.3 Å². The number of carbonyl (C=O) groups is 1. The van der Waals surface area contributed by atoms with E-state index in [0.717, 1.165) is 23.0 Å². The zero-order valence-corrected chi connectivity index (χ0v) is 12.4. The highest BCUT2D eigenvalue weighted by Gasteiger charge is 2.36. The van der Waals surface area contributed by atoms with Crippen LogP contribution in [0, 0.1) is 5.92 Å². The van der Waals surface area contributed by atoms with Gasteiger partial charge in [0.05, 0.1) is 0 Å². The van der Waals surface area contributed by atoms with Crippen molar-refractivity contribution in [3.8, 4) is 0 Å². The van der Waals surface area contributed by atoms with E-state index in [1.807, 2.05) is 30.0 Å². The Balaban J connectivity index is 2.16. The second-order valence-electron chi connectivity index (χ2n) is 4.76. The fourth-order valence-corrected chi connectivity index (χ4v) is 3.28. The first kappa shape index (κ1) is 13.8. The summed E-state index contributed by atoms with van der Waals surface area (Å²) in [4.78, 5) is 13.3. The summed E-state index contributed by atoms with van der Waals surface area (Å²) in [6, 6.07) is 5.23. The molecular weight excluding hydrogens is 318 g/mol. The Hall–Kier alpha value is -0.580. The zero-order valence-electron chi connectivity index (χ0n) is 10.1. The van der Waals surface area contributed by atoms with Crippen molar-refractivity contribution in [2.24, 2.45) is 5.92 Å². The Bertz CT molecular complexity index is 466. The lowest BCUT2D eigenvalue weighted by molar-refractivity contribution is -0.143. The molecule has 0 radical (unpaired) electrons. The van der Waals surface area contributed by atoms with Crippen LogP contribution in [0.3, 0.4) is 0 Å². The molecule has 18 heavy (non-hydrogen) atoms. The molecule has 0 spiro atoms. The number of likely N-dealkylation sites (tertiary alicyclic amines) is 1. The van der Waals surface area contributed by atoms with Crippen LogP contribution in [0.2, 0.25) is 5.02 Å². The van der Waals surface area contributed by atoms with E-state index in [9.17, 15) is 9.90 Å². The molecule has 0 amide bonds. The normalized spacial score (nSPS) is 24.4. The largest absolute Gasteiger partial charge is 0.480 e. The zero-order chi connectivity index (χ0) is 13.3. The maximum absolute atomic E-state index is 11.3. The van der Waals surface area contributed by atoms with Gasteiger partial charge in [-0.05, 0) is 36.6 Å². The van der Waals surface area contributed by atoms with E-state index < -0.39 is 5.97 Å². The highest BCUT2D eigenvalue weighted by atomic mass is 79.9. The highest BCUT2D eigenvalue weighted by molar-refractivity contribution is 9.10. The van der Waals surface area contributed by atoms with Gasteiger partial charge in [-0.3, -0.25) is 9.69 Å². The summed E-state index contributed by atoms with van der Waals surface area (Å²) < 4.78 is 0.929. The average molecular weight is 333 g/mol. The molecule has 0 bridgehead atoms. The third-order valence-electron chi connectivity index (χ3n) is 3.45. The van der Waals surface area contributed by atoms with Crippen molar-refractivity contribution in [2.45, 2.75) is 25.9 Å². The third kappa shape index (κ3) is 2.87. The Morgan fingerprint density at radius 2 is 2.33 bits per heavy atom. The quantitative estimate of drug-likeness (QED) is 0.922. The van der Waals surface area contributed by atoms with Crippen LogP contribution in [0.5, 0.6) is 0 Å². The summed E-state index contributed by atoms with van der Waals surface area (Å²) in [6.45, 7) is 3.46. The number of benzene rings is 1. The minimum atomic E-state index is -0.731. The first-order valence-electron chi connectivity index (χ1n) is 5.90. The predicted molar refractivity (Wildman–Crippen MR) is 74.8 cm³/mol. The van der Waals surface area contributed by atoms with Crippen LogP contribution < -0.4 is 0 Å². The Labute approximate surface area is 120 Å². The van der Waals surface area contributed by atoms with Gasteiger partial charge in [-0.25, -0.2) is 0 Å². The lowest BCUT2D eigenvalue weighted by Gasteiger charge is -2.23. The molecule has 0 aromatic heterocycles. The predicted octanol–water partition coefficient (Wildman–Crippen LogP) is 3.40. The number of hydrogen-bond donors (Lipinski definition) is 1. The van der Waals surface area contributed by atoms with Gasteiger partial charge in [0, 0.05) is 16.0 Å². The standard InChI is InChI=1S/C13H15BrClNO2/c1-8-4-5-16(12(8)13(17)18)7-9-2-3-10(15)6-11(9)14/h2-3,6,8,12H,4-5,7H2,1H3,(H,17,18). The van der Waals surface area contributed by atoms with Crippen molar-refractivity contribution in [2.75, 3.05) is 6.54 Å². The summed E-state index contributed by atoms with van der Waals surface area (Å²) in [6.07, 6.45) is 0.933. The summed E-state index contributed by atoms with van der Waals surface area (Å²) in [5.41, 5.74) is 1.07. The molecule has 1 aromatic carbocycles. The van der Waals surface area contributed by atoms with Gasteiger partial charge in [-0.2, -0.15) is 0 Å². The molecule has 1 aliphatic rings. The molecule has 1 saturated heterocycles. The van der Waals surface area contributed by atoms with Crippen LogP contribution in [0.25, 0.3) is 0 Å². The van der Waals surface area contributed by atoms with Crippen molar-refractivity contribution < 1.29 is 9.90 Å². The van der Waals surface area contributed by atoms with Crippen molar-refractivity contribution in [1.82, 2.24) is 4.90 Å². The topological polar surface area (TPSA) is 40.5 Å². The first-order chi connectivity index (χ1) is 8.49. The molecule has 1 aromatic rings. The Morgan fingerprint density at radius 3 is 2.94 bits per heavy atom. The van der Waals surface area contributed by atoms with Crippen molar-refractivity contribution in [1.29, 1.82) is 0 Å². The molecule has 2 unspecified atom stereocenters. The second-order valence-corrected chi connectivity index (χ2v) is 6.05. The first-order valence-corrected chi connectivity index (χ1v) is 7.07. The molecule has 1 heterocycles. The van der Waals surface area contributed by atoms with Crippen molar-refractivity contribution >= 4 is 33.5 Å². The van der Waals surface area contributed by atoms with E-state index in [4.69, 9.17) is 11.6 Å². The molecular formula is C13H15BrClNO2. The van der Waals surface area contributed by atoms with Crippen LogP contribution in [0.1, 0.15) is 18.9 Å². The number of rotatable bonds is 3. The molecule has 1 N–H and O–H groups in total. The van der Waals surface area contributed by atoms with Gasteiger partial charge >= 0.3 is 5.97 Å². The van der Waals surface area contributed by atoms with Gasteiger partial charge in [0.25, 0.3) is 0 Å². The van der Waals surface area contributed by atoms with Crippen LogP contribution in [0.4, 0.5) is 0 Å². The number of nitrogens with zero attached hydrogens (tertiary/aromatic N) is 1. The fourth-order valence-electron chi connectivity index (χ4n) is 2.47. The van der Waals surface area contributed by atoms with E-state index in [1.54, 1.807) is 0 Å². The third-order valence-corrected chi connectivity index (χ3v) is 4.42. The number of carboxylic acids is 1.